The van der Waals surface area contributed by atoms with Gasteiger partial charge in [-0.05, 0) is 6.92 Å². The van der Waals surface area contributed by atoms with E-state index < -0.39 is 0 Å². The summed E-state index contributed by atoms with van der Waals surface area (Å²) >= 11 is 5.97. The van der Waals surface area contributed by atoms with Crippen LogP contribution < -0.4 is 0 Å². The molecule has 1 amide bonds. The van der Waals surface area contributed by atoms with Crippen LogP contribution in [0.2, 0.25) is 0 Å². The van der Waals surface area contributed by atoms with Gasteiger partial charge in [-0.3, -0.25) is 9.69 Å². The number of hydrogen-bond acceptors (Lipinski definition) is 3. The summed E-state index contributed by atoms with van der Waals surface area (Å²) in [4.78, 5) is 15.9. The molecule has 0 radical (unpaired) electrons. The number of morpholine rings is 1. The van der Waals surface area contributed by atoms with Gasteiger partial charge in [0.2, 0.25) is 5.91 Å². The SMILES string of the molecule is CC(CN1CC(Cl)CC1=O)N1CCOCC1. The Hall–Kier alpha value is -0.320. The second kappa shape index (κ2) is 5.34. The number of rotatable bonds is 3. The molecule has 5 heteroatoms. The number of hydrogen-bond donors (Lipinski definition) is 0. The van der Waals surface area contributed by atoms with Gasteiger partial charge in [0, 0.05) is 38.6 Å². The van der Waals surface area contributed by atoms with Crippen molar-refractivity contribution in [3.8, 4) is 0 Å². The first-order valence-corrected chi connectivity index (χ1v) is 6.34. The van der Waals surface area contributed by atoms with Gasteiger partial charge in [-0.25, -0.2) is 0 Å². The van der Waals surface area contributed by atoms with Gasteiger partial charge in [-0.1, -0.05) is 0 Å². The molecule has 2 saturated heterocycles. The molecule has 0 spiro atoms. The van der Waals surface area contributed by atoms with Crippen molar-refractivity contribution in [3.63, 3.8) is 0 Å². The van der Waals surface area contributed by atoms with Gasteiger partial charge in [-0.2, -0.15) is 0 Å². The molecule has 0 saturated carbocycles. The minimum Gasteiger partial charge on any atom is -0.379 e. The first-order chi connectivity index (χ1) is 7.66. The van der Waals surface area contributed by atoms with E-state index in [1.54, 1.807) is 0 Å². The predicted molar refractivity (Wildman–Crippen MR) is 62.7 cm³/mol. The third kappa shape index (κ3) is 2.87. The van der Waals surface area contributed by atoms with Crippen molar-refractivity contribution in [2.45, 2.75) is 24.8 Å². The summed E-state index contributed by atoms with van der Waals surface area (Å²) < 4.78 is 5.31. The van der Waals surface area contributed by atoms with Gasteiger partial charge >= 0.3 is 0 Å². The summed E-state index contributed by atoms with van der Waals surface area (Å²) in [6, 6.07) is 0.398. The lowest BCUT2D eigenvalue weighted by Crippen LogP contribution is -2.47. The molecule has 2 unspecified atom stereocenters. The maximum atomic E-state index is 11.6. The van der Waals surface area contributed by atoms with Crippen LogP contribution >= 0.6 is 11.6 Å². The second-order valence-electron chi connectivity index (χ2n) is 4.60. The quantitative estimate of drug-likeness (QED) is 0.682. The fourth-order valence-electron chi connectivity index (χ4n) is 2.35. The Labute approximate surface area is 101 Å². The minimum absolute atomic E-state index is 0.00406. The number of halogens is 1. The summed E-state index contributed by atoms with van der Waals surface area (Å²) in [5.41, 5.74) is 0. The number of ether oxygens (including phenoxy) is 1. The predicted octanol–water partition coefficient (Wildman–Crippen LogP) is 0.547. The lowest BCUT2D eigenvalue weighted by atomic mass is 10.2. The third-order valence-corrected chi connectivity index (χ3v) is 3.61. The highest BCUT2D eigenvalue weighted by atomic mass is 35.5. The van der Waals surface area contributed by atoms with Gasteiger partial charge < -0.3 is 9.64 Å². The molecule has 4 nitrogen and oxygen atoms in total. The van der Waals surface area contributed by atoms with Gasteiger partial charge in [0.25, 0.3) is 0 Å². The molecule has 92 valence electrons. The van der Waals surface area contributed by atoms with E-state index >= 15 is 0 Å². The Morgan fingerprint density at radius 3 is 2.75 bits per heavy atom. The normalized spacial score (nSPS) is 29.8. The van der Waals surface area contributed by atoms with Crippen LogP contribution in [0.15, 0.2) is 0 Å². The number of alkyl halides is 1. The molecule has 2 atom stereocenters. The van der Waals surface area contributed by atoms with Gasteiger partial charge in [0.05, 0.1) is 18.6 Å². The molecular weight excluding hydrogens is 228 g/mol. The van der Waals surface area contributed by atoms with E-state index in [4.69, 9.17) is 16.3 Å². The van der Waals surface area contributed by atoms with Crippen molar-refractivity contribution < 1.29 is 9.53 Å². The van der Waals surface area contributed by atoms with E-state index in [9.17, 15) is 4.79 Å². The lowest BCUT2D eigenvalue weighted by Gasteiger charge is -2.34. The third-order valence-electron chi connectivity index (χ3n) is 3.32. The van der Waals surface area contributed by atoms with E-state index in [0.29, 0.717) is 19.0 Å². The van der Waals surface area contributed by atoms with Crippen LogP contribution in [0.1, 0.15) is 13.3 Å². The highest BCUT2D eigenvalue weighted by Crippen LogP contribution is 2.17. The molecule has 16 heavy (non-hydrogen) atoms. The lowest BCUT2D eigenvalue weighted by molar-refractivity contribution is -0.128. The smallest absolute Gasteiger partial charge is 0.224 e. The topological polar surface area (TPSA) is 32.8 Å². The Morgan fingerprint density at radius 2 is 2.19 bits per heavy atom. The molecule has 2 heterocycles. The number of carbonyl (C=O) groups excluding carboxylic acids is 1. The summed E-state index contributed by atoms with van der Waals surface area (Å²) in [6.07, 6.45) is 0.497. The van der Waals surface area contributed by atoms with Gasteiger partial charge in [0.15, 0.2) is 0 Å². The number of likely N-dealkylation sites (tertiary alicyclic amines) is 1. The standard InChI is InChI=1S/C11H19ClN2O2/c1-9(13-2-4-16-5-3-13)7-14-8-10(12)6-11(14)15/h9-10H,2-8H2,1H3. The zero-order valence-electron chi connectivity index (χ0n) is 9.69. The van der Waals surface area contributed by atoms with Gasteiger partial charge in [0.1, 0.15) is 0 Å². The zero-order chi connectivity index (χ0) is 11.5. The molecule has 2 aliphatic heterocycles. The van der Waals surface area contributed by atoms with Crippen molar-refractivity contribution in [2.75, 3.05) is 39.4 Å². The Balaban J connectivity index is 1.81. The van der Waals surface area contributed by atoms with Crippen LogP contribution in [-0.2, 0) is 9.53 Å². The largest absolute Gasteiger partial charge is 0.379 e. The number of carbonyl (C=O) groups is 1. The maximum absolute atomic E-state index is 11.6. The van der Waals surface area contributed by atoms with Crippen LogP contribution in [0.4, 0.5) is 0 Å². The van der Waals surface area contributed by atoms with E-state index in [1.165, 1.54) is 0 Å². The molecule has 0 aromatic carbocycles. The number of nitrogens with zero attached hydrogens (tertiary/aromatic N) is 2. The van der Waals surface area contributed by atoms with Crippen LogP contribution in [0, 0.1) is 0 Å². The second-order valence-corrected chi connectivity index (χ2v) is 5.21. The van der Waals surface area contributed by atoms with Gasteiger partial charge in [-0.15, -0.1) is 11.6 Å². The summed E-state index contributed by atoms with van der Waals surface area (Å²) in [7, 11) is 0. The van der Waals surface area contributed by atoms with Crippen molar-refractivity contribution in [1.82, 2.24) is 9.80 Å². The molecule has 0 N–H and O–H groups in total. The van der Waals surface area contributed by atoms with E-state index in [2.05, 4.69) is 11.8 Å². The van der Waals surface area contributed by atoms with Crippen molar-refractivity contribution in [2.24, 2.45) is 0 Å². The monoisotopic (exact) mass is 246 g/mol. The fourth-order valence-corrected chi connectivity index (χ4v) is 2.65. The molecule has 0 aromatic heterocycles. The van der Waals surface area contributed by atoms with Crippen LogP contribution in [0.5, 0.6) is 0 Å². The van der Waals surface area contributed by atoms with E-state index in [1.807, 2.05) is 4.90 Å². The van der Waals surface area contributed by atoms with E-state index in [-0.39, 0.29) is 11.3 Å². The van der Waals surface area contributed by atoms with Crippen molar-refractivity contribution in [3.05, 3.63) is 0 Å². The average molecular weight is 247 g/mol. The summed E-state index contributed by atoms with van der Waals surface area (Å²) in [5, 5.41) is 0.00406. The fraction of sp³-hybridized carbons (Fsp3) is 0.909. The summed E-state index contributed by atoms with van der Waals surface area (Å²) in [5.74, 6) is 0.195. The average Bonchev–Trinajstić information content (AvgIpc) is 2.59. The first kappa shape index (κ1) is 12.1. The molecule has 2 fully saturated rings. The Morgan fingerprint density at radius 1 is 1.50 bits per heavy atom. The van der Waals surface area contributed by atoms with Crippen LogP contribution in [0.25, 0.3) is 0 Å². The van der Waals surface area contributed by atoms with E-state index in [0.717, 1.165) is 32.8 Å². The minimum atomic E-state index is 0.00406. The molecule has 2 rings (SSSR count). The first-order valence-electron chi connectivity index (χ1n) is 5.90. The van der Waals surface area contributed by atoms with Crippen LogP contribution in [0.3, 0.4) is 0 Å². The molecule has 0 aromatic rings. The highest BCUT2D eigenvalue weighted by molar-refractivity contribution is 6.22. The zero-order valence-corrected chi connectivity index (χ0v) is 10.4. The van der Waals surface area contributed by atoms with Crippen molar-refractivity contribution in [1.29, 1.82) is 0 Å². The molecule has 0 aliphatic carbocycles. The Bertz CT molecular complexity index is 256. The Kier molecular flexibility index (Phi) is 4.05. The molecule has 0 bridgehead atoms. The molecule has 2 aliphatic rings. The van der Waals surface area contributed by atoms with Crippen LogP contribution in [-0.4, -0.2) is 66.5 Å². The highest BCUT2D eigenvalue weighted by Gasteiger charge is 2.30. The summed E-state index contributed by atoms with van der Waals surface area (Å²) in [6.45, 7) is 7.20. The molecular formula is C11H19ClN2O2. The maximum Gasteiger partial charge on any atom is 0.224 e. The van der Waals surface area contributed by atoms with Crippen molar-refractivity contribution >= 4 is 17.5 Å². The number of amides is 1.